The number of amides is 1. The number of hydrogen-bond donors (Lipinski definition) is 1. The van der Waals surface area contributed by atoms with Crippen molar-refractivity contribution in [2.24, 2.45) is 5.10 Å². The summed E-state index contributed by atoms with van der Waals surface area (Å²) in [5, 5.41) is 11.8. The first-order valence-corrected chi connectivity index (χ1v) is 5.35. The Hall–Kier alpha value is -1.13. The monoisotopic (exact) mass is 333 g/mol. The summed E-state index contributed by atoms with van der Waals surface area (Å²) in [6.07, 6.45) is 1.12. The standard InChI is InChI=1S/C8H5Br2N3O2/c9-6-3-5(15-8(6)10)4-12-13-7(14)1-2-11/h3-4H,1H2,(H,13,14)/b12-4+. The molecule has 0 atom stereocenters. The number of carbonyl (C=O) groups is 1. The van der Waals surface area contributed by atoms with Crippen LogP contribution in [0.25, 0.3) is 0 Å². The first kappa shape index (κ1) is 11.9. The molecule has 1 amide bonds. The van der Waals surface area contributed by atoms with Gasteiger partial charge in [-0.3, -0.25) is 4.79 Å². The molecule has 15 heavy (non-hydrogen) atoms. The number of furan rings is 1. The predicted molar refractivity (Wildman–Crippen MR) is 60.1 cm³/mol. The number of nitriles is 1. The molecule has 0 aromatic carbocycles. The number of carbonyl (C=O) groups excluding carboxylic acids is 1. The Morgan fingerprint density at radius 3 is 3.00 bits per heavy atom. The van der Waals surface area contributed by atoms with Crippen LogP contribution in [0.15, 0.2) is 24.7 Å². The van der Waals surface area contributed by atoms with Gasteiger partial charge in [-0.2, -0.15) is 10.4 Å². The summed E-state index contributed by atoms with van der Waals surface area (Å²) in [6.45, 7) is 0. The van der Waals surface area contributed by atoms with Crippen LogP contribution < -0.4 is 5.43 Å². The van der Waals surface area contributed by atoms with Crippen LogP contribution in [0, 0.1) is 11.3 Å². The van der Waals surface area contributed by atoms with Gasteiger partial charge >= 0.3 is 0 Å². The van der Waals surface area contributed by atoms with Crippen LogP contribution in [0.2, 0.25) is 0 Å². The molecular weight excluding hydrogens is 330 g/mol. The van der Waals surface area contributed by atoms with Crippen molar-refractivity contribution in [1.29, 1.82) is 5.26 Å². The molecule has 1 rings (SSSR count). The van der Waals surface area contributed by atoms with Gasteiger partial charge in [0.15, 0.2) is 4.67 Å². The van der Waals surface area contributed by atoms with Crippen molar-refractivity contribution in [1.82, 2.24) is 5.43 Å². The van der Waals surface area contributed by atoms with Gasteiger partial charge in [-0.15, -0.1) is 0 Å². The number of hydrogen-bond acceptors (Lipinski definition) is 4. The fourth-order valence-corrected chi connectivity index (χ4v) is 1.31. The minimum Gasteiger partial charge on any atom is -0.447 e. The highest BCUT2D eigenvalue weighted by Gasteiger charge is 2.03. The van der Waals surface area contributed by atoms with E-state index >= 15 is 0 Å². The number of rotatable bonds is 3. The minimum atomic E-state index is -0.460. The Kier molecular flexibility index (Phi) is 4.52. The van der Waals surface area contributed by atoms with Crippen LogP contribution in [0.5, 0.6) is 0 Å². The third-order valence-corrected chi connectivity index (χ3v) is 3.00. The van der Waals surface area contributed by atoms with Gasteiger partial charge in [-0.1, -0.05) is 0 Å². The van der Waals surface area contributed by atoms with E-state index in [0.29, 0.717) is 10.4 Å². The molecule has 0 fully saturated rings. The van der Waals surface area contributed by atoms with Crippen molar-refractivity contribution in [2.45, 2.75) is 6.42 Å². The average Bonchev–Trinajstić information content (AvgIpc) is 2.46. The van der Waals surface area contributed by atoms with E-state index in [1.807, 2.05) is 0 Å². The van der Waals surface area contributed by atoms with Gasteiger partial charge in [0, 0.05) is 6.07 Å². The Bertz CT molecular complexity index is 414. The summed E-state index contributed by atoms with van der Waals surface area (Å²) in [4.78, 5) is 10.8. The van der Waals surface area contributed by atoms with E-state index in [1.54, 1.807) is 12.1 Å². The smallest absolute Gasteiger partial charge is 0.254 e. The van der Waals surface area contributed by atoms with Crippen LogP contribution in [0.1, 0.15) is 12.2 Å². The van der Waals surface area contributed by atoms with Crippen LogP contribution in [0.4, 0.5) is 0 Å². The third kappa shape index (κ3) is 3.85. The first-order valence-electron chi connectivity index (χ1n) is 3.77. The largest absolute Gasteiger partial charge is 0.447 e. The Balaban J connectivity index is 2.52. The molecule has 1 N–H and O–H groups in total. The predicted octanol–water partition coefficient (Wildman–Crippen LogP) is 2.17. The highest BCUT2D eigenvalue weighted by molar-refractivity contribution is 9.13. The van der Waals surface area contributed by atoms with Gasteiger partial charge in [-0.25, -0.2) is 5.43 Å². The van der Waals surface area contributed by atoms with Crippen molar-refractivity contribution < 1.29 is 9.21 Å². The zero-order valence-corrected chi connectivity index (χ0v) is 10.5. The molecule has 0 spiro atoms. The molecule has 0 aliphatic rings. The highest BCUT2D eigenvalue weighted by atomic mass is 79.9. The fraction of sp³-hybridized carbons (Fsp3) is 0.125. The van der Waals surface area contributed by atoms with Gasteiger partial charge in [0.1, 0.15) is 12.2 Å². The normalized spacial score (nSPS) is 10.2. The van der Waals surface area contributed by atoms with Crippen LogP contribution >= 0.6 is 31.9 Å². The lowest BCUT2D eigenvalue weighted by Crippen LogP contribution is -2.15. The molecular formula is C8H5Br2N3O2. The molecule has 1 aromatic rings. The molecule has 0 bridgehead atoms. The molecule has 7 heteroatoms. The van der Waals surface area contributed by atoms with Crippen LogP contribution in [0.3, 0.4) is 0 Å². The molecule has 0 aliphatic heterocycles. The lowest BCUT2D eigenvalue weighted by Gasteiger charge is -1.90. The second-order valence-corrected chi connectivity index (χ2v) is 3.97. The van der Waals surface area contributed by atoms with E-state index in [-0.39, 0.29) is 6.42 Å². The molecule has 78 valence electrons. The Labute approximate surface area is 102 Å². The number of nitrogens with zero attached hydrogens (tertiary/aromatic N) is 2. The first-order chi connectivity index (χ1) is 7.13. The van der Waals surface area contributed by atoms with Crippen molar-refractivity contribution in [3.05, 3.63) is 21.0 Å². The van der Waals surface area contributed by atoms with E-state index in [9.17, 15) is 4.79 Å². The van der Waals surface area contributed by atoms with E-state index < -0.39 is 5.91 Å². The topological polar surface area (TPSA) is 78.4 Å². The highest BCUT2D eigenvalue weighted by Crippen LogP contribution is 2.25. The van der Waals surface area contributed by atoms with Crippen LogP contribution in [-0.2, 0) is 4.79 Å². The second-order valence-electron chi connectivity index (χ2n) is 2.40. The quantitative estimate of drug-likeness (QED) is 0.679. The van der Waals surface area contributed by atoms with E-state index in [4.69, 9.17) is 9.68 Å². The van der Waals surface area contributed by atoms with Crippen molar-refractivity contribution >= 4 is 44.0 Å². The molecule has 0 aliphatic carbocycles. The van der Waals surface area contributed by atoms with Crippen molar-refractivity contribution in [3.63, 3.8) is 0 Å². The Morgan fingerprint density at radius 2 is 2.47 bits per heavy atom. The van der Waals surface area contributed by atoms with Gasteiger partial charge < -0.3 is 4.42 Å². The van der Waals surface area contributed by atoms with Gasteiger partial charge in [-0.05, 0) is 31.9 Å². The van der Waals surface area contributed by atoms with E-state index in [0.717, 1.165) is 4.47 Å². The molecule has 0 saturated carbocycles. The minimum absolute atomic E-state index is 0.219. The van der Waals surface area contributed by atoms with Gasteiger partial charge in [0.05, 0.1) is 16.8 Å². The average molecular weight is 335 g/mol. The maximum atomic E-state index is 10.8. The van der Waals surface area contributed by atoms with Crippen molar-refractivity contribution in [3.8, 4) is 6.07 Å². The zero-order valence-electron chi connectivity index (χ0n) is 7.33. The Morgan fingerprint density at radius 1 is 1.73 bits per heavy atom. The van der Waals surface area contributed by atoms with Gasteiger partial charge in [0.25, 0.3) is 5.91 Å². The second kappa shape index (κ2) is 5.68. The molecule has 1 aromatic heterocycles. The lowest BCUT2D eigenvalue weighted by atomic mass is 10.5. The van der Waals surface area contributed by atoms with Gasteiger partial charge in [0.2, 0.25) is 0 Å². The third-order valence-electron chi connectivity index (χ3n) is 1.28. The fourth-order valence-electron chi connectivity index (χ4n) is 0.706. The number of nitrogens with one attached hydrogen (secondary N) is 1. The SMILES string of the molecule is N#CCC(=O)N/N=C/c1cc(Br)c(Br)o1. The maximum Gasteiger partial charge on any atom is 0.254 e. The number of hydrazone groups is 1. The lowest BCUT2D eigenvalue weighted by molar-refractivity contribution is -0.120. The summed E-state index contributed by atoms with van der Waals surface area (Å²) in [5.41, 5.74) is 2.18. The summed E-state index contributed by atoms with van der Waals surface area (Å²) in [5.74, 6) is 0.0180. The van der Waals surface area contributed by atoms with E-state index in [2.05, 4.69) is 42.4 Å². The van der Waals surface area contributed by atoms with Crippen LogP contribution in [-0.4, -0.2) is 12.1 Å². The summed E-state index contributed by atoms with van der Waals surface area (Å²) < 4.78 is 6.47. The summed E-state index contributed by atoms with van der Waals surface area (Å²) in [7, 11) is 0. The summed E-state index contributed by atoms with van der Waals surface area (Å²) >= 11 is 6.39. The molecule has 0 radical (unpaired) electrons. The molecule has 0 unspecified atom stereocenters. The maximum absolute atomic E-state index is 10.8. The zero-order chi connectivity index (χ0) is 11.3. The molecule has 1 heterocycles. The van der Waals surface area contributed by atoms with E-state index in [1.165, 1.54) is 6.21 Å². The molecule has 0 saturated heterocycles. The number of halogens is 2. The summed E-state index contributed by atoms with van der Waals surface area (Å²) in [6, 6.07) is 3.39. The molecule has 5 nitrogen and oxygen atoms in total. The van der Waals surface area contributed by atoms with Crippen molar-refractivity contribution in [2.75, 3.05) is 0 Å².